The molecule has 2 aromatic heterocycles. The van der Waals surface area contributed by atoms with Crippen LogP contribution in [0.2, 0.25) is 0 Å². The van der Waals surface area contributed by atoms with Crippen molar-refractivity contribution >= 4 is 5.97 Å². The molecule has 0 radical (unpaired) electrons. The first-order valence-corrected chi connectivity index (χ1v) is 6.05. The maximum absolute atomic E-state index is 11.6. The lowest BCUT2D eigenvalue weighted by molar-refractivity contribution is -0.145. The topological polar surface area (TPSA) is 78.1 Å². The number of aryl methyl sites for hydroxylation is 1. The normalized spacial score (nSPS) is 12.2. The first-order chi connectivity index (χ1) is 9.13. The fourth-order valence-electron chi connectivity index (χ4n) is 1.60. The van der Waals surface area contributed by atoms with Gasteiger partial charge in [-0.1, -0.05) is 11.2 Å². The van der Waals surface area contributed by atoms with E-state index in [0.29, 0.717) is 18.1 Å². The van der Waals surface area contributed by atoms with Gasteiger partial charge in [0.05, 0.1) is 6.61 Å². The van der Waals surface area contributed by atoms with E-state index in [1.54, 1.807) is 20.0 Å². The lowest BCUT2D eigenvalue weighted by atomic mass is 10.2. The van der Waals surface area contributed by atoms with Gasteiger partial charge in [-0.2, -0.15) is 4.98 Å². The van der Waals surface area contributed by atoms with Gasteiger partial charge in [-0.05, 0) is 32.4 Å². The molecular weight excluding hydrogens is 246 g/mol. The average Bonchev–Trinajstić information content (AvgIpc) is 2.88. The summed E-state index contributed by atoms with van der Waals surface area (Å²) in [6, 6.07) is 3.74. The first-order valence-electron chi connectivity index (χ1n) is 6.05. The van der Waals surface area contributed by atoms with E-state index in [1.807, 2.05) is 19.1 Å². The summed E-state index contributed by atoms with van der Waals surface area (Å²) in [5.74, 6) is -0.344. The van der Waals surface area contributed by atoms with E-state index in [4.69, 9.17) is 9.26 Å². The fourth-order valence-corrected chi connectivity index (χ4v) is 1.60. The third-order valence-corrected chi connectivity index (χ3v) is 2.67. The van der Waals surface area contributed by atoms with Crippen LogP contribution in [0.1, 0.15) is 31.2 Å². The highest BCUT2D eigenvalue weighted by atomic mass is 16.5. The van der Waals surface area contributed by atoms with E-state index in [1.165, 1.54) is 0 Å². The number of ether oxygens (including phenoxy) is 1. The van der Waals surface area contributed by atoms with Crippen LogP contribution >= 0.6 is 0 Å². The van der Waals surface area contributed by atoms with Crippen LogP contribution in [-0.4, -0.2) is 27.7 Å². The van der Waals surface area contributed by atoms with E-state index in [9.17, 15) is 4.79 Å². The molecule has 0 aromatic carbocycles. The summed E-state index contributed by atoms with van der Waals surface area (Å²) >= 11 is 0. The molecule has 0 aliphatic heterocycles. The van der Waals surface area contributed by atoms with Crippen molar-refractivity contribution in [1.82, 2.24) is 15.1 Å². The predicted molar refractivity (Wildman–Crippen MR) is 67.3 cm³/mol. The van der Waals surface area contributed by atoms with Gasteiger partial charge in [0.1, 0.15) is 11.6 Å². The second-order valence-electron chi connectivity index (χ2n) is 4.10. The first kappa shape index (κ1) is 13.2. The lowest BCUT2D eigenvalue weighted by Gasteiger charge is -2.04. The molecule has 19 heavy (non-hydrogen) atoms. The second kappa shape index (κ2) is 5.60. The van der Waals surface area contributed by atoms with Gasteiger partial charge in [0.2, 0.25) is 11.7 Å². The Balaban J connectivity index is 2.24. The molecule has 0 bridgehead atoms. The zero-order chi connectivity index (χ0) is 13.8. The van der Waals surface area contributed by atoms with E-state index in [2.05, 4.69) is 15.1 Å². The van der Waals surface area contributed by atoms with Crippen LogP contribution in [0.5, 0.6) is 0 Å². The van der Waals surface area contributed by atoms with Crippen molar-refractivity contribution in [2.45, 2.75) is 26.7 Å². The number of aromatic nitrogens is 3. The van der Waals surface area contributed by atoms with Gasteiger partial charge < -0.3 is 9.26 Å². The van der Waals surface area contributed by atoms with Crippen molar-refractivity contribution in [3.05, 3.63) is 29.8 Å². The molecule has 0 spiro atoms. The molecular formula is C13H15N3O3. The van der Waals surface area contributed by atoms with Crippen molar-refractivity contribution in [3.63, 3.8) is 0 Å². The average molecular weight is 261 g/mol. The summed E-state index contributed by atoms with van der Waals surface area (Å²) in [5.41, 5.74) is 1.59. The van der Waals surface area contributed by atoms with E-state index in [-0.39, 0.29) is 11.9 Å². The SMILES string of the molecule is CCOC(=O)C(C)c1nc(-c2ncccc2C)no1. The largest absolute Gasteiger partial charge is 0.465 e. The van der Waals surface area contributed by atoms with Crippen LogP contribution in [0.25, 0.3) is 11.5 Å². The van der Waals surface area contributed by atoms with Gasteiger partial charge in [0.25, 0.3) is 0 Å². The Bertz CT molecular complexity index is 580. The van der Waals surface area contributed by atoms with Crippen molar-refractivity contribution in [1.29, 1.82) is 0 Å². The smallest absolute Gasteiger partial charge is 0.318 e. The van der Waals surface area contributed by atoms with Crippen LogP contribution in [0.15, 0.2) is 22.9 Å². The Morgan fingerprint density at radius 2 is 2.32 bits per heavy atom. The Labute approximate surface area is 110 Å². The summed E-state index contributed by atoms with van der Waals surface area (Å²) < 4.78 is 10.0. The standard InChI is InChI=1S/C13H15N3O3/c1-4-18-13(17)9(3)12-15-11(16-19-12)10-8(2)6-5-7-14-10/h5-7,9H,4H2,1-3H3. The minimum atomic E-state index is -0.579. The molecule has 0 saturated carbocycles. The molecule has 0 aliphatic rings. The number of esters is 1. The highest BCUT2D eigenvalue weighted by Crippen LogP contribution is 2.21. The monoisotopic (exact) mass is 261 g/mol. The number of carbonyl (C=O) groups excluding carboxylic acids is 1. The number of hydrogen-bond acceptors (Lipinski definition) is 6. The summed E-state index contributed by atoms with van der Waals surface area (Å²) in [4.78, 5) is 20.0. The quantitative estimate of drug-likeness (QED) is 0.784. The third kappa shape index (κ3) is 2.78. The second-order valence-corrected chi connectivity index (χ2v) is 4.10. The van der Waals surface area contributed by atoms with E-state index < -0.39 is 5.92 Å². The van der Waals surface area contributed by atoms with E-state index >= 15 is 0 Å². The van der Waals surface area contributed by atoms with Gasteiger partial charge in [-0.3, -0.25) is 9.78 Å². The highest BCUT2D eigenvalue weighted by Gasteiger charge is 2.24. The Morgan fingerprint density at radius 3 is 3.00 bits per heavy atom. The Kier molecular flexibility index (Phi) is 3.89. The van der Waals surface area contributed by atoms with Crippen LogP contribution in [0, 0.1) is 6.92 Å². The molecule has 0 amide bonds. The van der Waals surface area contributed by atoms with Crippen molar-refractivity contribution < 1.29 is 14.1 Å². The minimum absolute atomic E-state index is 0.235. The zero-order valence-electron chi connectivity index (χ0n) is 11.1. The molecule has 6 heteroatoms. The highest BCUT2D eigenvalue weighted by molar-refractivity contribution is 5.76. The summed E-state index contributed by atoms with van der Waals surface area (Å²) in [7, 11) is 0. The molecule has 6 nitrogen and oxygen atoms in total. The number of pyridine rings is 1. The number of carbonyl (C=O) groups is 1. The van der Waals surface area contributed by atoms with Gasteiger partial charge >= 0.3 is 5.97 Å². The summed E-state index contributed by atoms with van der Waals surface area (Å²) in [6.07, 6.45) is 1.66. The molecule has 1 unspecified atom stereocenters. The maximum atomic E-state index is 11.6. The molecule has 0 aliphatic carbocycles. The molecule has 0 fully saturated rings. The number of hydrogen-bond donors (Lipinski definition) is 0. The molecule has 0 saturated heterocycles. The number of nitrogens with zero attached hydrogens (tertiary/aromatic N) is 3. The molecule has 100 valence electrons. The summed E-state index contributed by atoms with van der Waals surface area (Å²) in [6.45, 7) is 5.65. The Morgan fingerprint density at radius 1 is 1.53 bits per heavy atom. The number of rotatable bonds is 4. The third-order valence-electron chi connectivity index (χ3n) is 2.67. The van der Waals surface area contributed by atoms with Crippen molar-refractivity contribution in [3.8, 4) is 11.5 Å². The molecule has 2 heterocycles. The van der Waals surface area contributed by atoms with Gasteiger partial charge in [0, 0.05) is 6.20 Å². The van der Waals surface area contributed by atoms with Gasteiger partial charge in [-0.15, -0.1) is 0 Å². The molecule has 2 aromatic rings. The zero-order valence-corrected chi connectivity index (χ0v) is 11.1. The van der Waals surface area contributed by atoms with E-state index in [0.717, 1.165) is 5.56 Å². The minimum Gasteiger partial charge on any atom is -0.465 e. The van der Waals surface area contributed by atoms with Crippen LogP contribution < -0.4 is 0 Å². The van der Waals surface area contributed by atoms with Crippen LogP contribution in [0.4, 0.5) is 0 Å². The Hall–Kier alpha value is -2.24. The summed E-state index contributed by atoms with van der Waals surface area (Å²) in [5, 5.41) is 3.85. The maximum Gasteiger partial charge on any atom is 0.318 e. The molecule has 0 N–H and O–H groups in total. The lowest BCUT2D eigenvalue weighted by Crippen LogP contribution is -2.13. The predicted octanol–water partition coefficient (Wildman–Crippen LogP) is 2.11. The van der Waals surface area contributed by atoms with Gasteiger partial charge in [0.15, 0.2) is 0 Å². The molecule has 1 atom stereocenters. The van der Waals surface area contributed by atoms with Crippen LogP contribution in [-0.2, 0) is 9.53 Å². The van der Waals surface area contributed by atoms with Crippen LogP contribution in [0.3, 0.4) is 0 Å². The van der Waals surface area contributed by atoms with Crippen molar-refractivity contribution in [2.75, 3.05) is 6.61 Å². The van der Waals surface area contributed by atoms with Crippen molar-refractivity contribution in [2.24, 2.45) is 0 Å². The van der Waals surface area contributed by atoms with Gasteiger partial charge in [-0.25, -0.2) is 0 Å². The molecule has 2 rings (SSSR count). The fraction of sp³-hybridized carbons (Fsp3) is 0.385.